The van der Waals surface area contributed by atoms with Crippen molar-refractivity contribution in [1.29, 1.82) is 5.26 Å². The van der Waals surface area contributed by atoms with E-state index in [4.69, 9.17) is 9.68 Å². The third kappa shape index (κ3) is 4.07. The lowest BCUT2D eigenvalue weighted by atomic mass is 10.1. The highest BCUT2D eigenvalue weighted by atomic mass is 19.1. The summed E-state index contributed by atoms with van der Waals surface area (Å²) in [4.78, 5) is 11.6. The Hall–Kier alpha value is -2.85. The molecule has 2 amide bonds. The van der Waals surface area contributed by atoms with Crippen LogP contribution in [0, 0.1) is 17.1 Å². The van der Waals surface area contributed by atoms with Crippen molar-refractivity contribution in [2.75, 3.05) is 6.54 Å². The molecule has 0 saturated heterocycles. The maximum atomic E-state index is 13.6. The Morgan fingerprint density at radius 2 is 2.23 bits per heavy atom. The number of benzene rings is 1. The first kappa shape index (κ1) is 15.5. The van der Waals surface area contributed by atoms with E-state index >= 15 is 0 Å². The first-order valence-corrected chi connectivity index (χ1v) is 6.52. The van der Waals surface area contributed by atoms with E-state index in [0.29, 0.717) is 5.76 Å². The first-order chi connectivity index (χ1) is 10.6. The van der Waals surface area contributed by atoms with E-state index in [1.54, 1.807) is 12.1 Å². The van der Waals surface area contributed by atoms with Crippen LogP contribution in [0.5, 0.6) is 0 Å². The number of nitrogens with zero attached hydrogens (tertiary/aromatic N) is 1. The summed E-state index contributed by atoms with van der Waals surface area (Å²) in [5.74, 6) is -0.214. The van der Waals surface area contributed by atoms with E-state index in [9.17, 15) is 14.3 Å². The van der Waals surface area contributed by atoms with Crippen molar-refractivity contribution in [3.63, 3.8) is 0 Å². The van der Waals surface area contributed by atoms with E-state index < -0.39 is 18.0 Å². The summed E-state index contributed by atoms with van der Waals surface area (Å²) in [5.41, 5.74) is 0.480. The van der Waals surface area contributed by atoms with Crippen LogP contribution in [-0.2, 0) is 6.54 Å². The molecule has 114 valence electrons. The fraction of sp³-hybridized carbons (Fsp3) is 0.200. The molecular weight excluding hydrogens is 289 g/mol. The second-order valence-electron chi connectivity index (χ2n) is 4.51. The van der Waals surface area contributed by atoms with Crippen LogP contribution in [0.15, 0.2) is 41.0 Å². The van der Waals surface area contributed by atoms with Gasteiger partial charge in [-0.3, -0.25) is 0 Å². The monoisotopic (exact) mass is 303 g/mol. The van der Waals surface area contributed by atoms with Crippen LogP contribution in [0.4, 0.5) is 9.18 Å². The number of furan rings is 1. The average molecular weight is 303 g/mol. The van der Waals surface area contributed by atoms with Crippen LogP contribution < -0.4 is 10.6 Å². The van der Waals surface area contributed by atoms with Crippen molar-refractivity contribution in [1.82, 2.24) is 10.6 Å². The molecule has 1 aromatic carbocycles. The topological polar surface area (TPSA) is 98.3 Å². The molecule has 2 rings (SSSR count). The standard InChI is InChI=1S/C15H14FN3O3/c16-12-6-10(7-17)3-4-11(12)8-18-15(21)19-9-13(20)14-2-1-5-22-14/h1-6,13,20H,8-9H2,(H2,18,19,21). The predicted octanol–water partition coefficient (Wildman–Crippen LogP) is 1.82. The molecule has 6 nitrogen and oxygen atoms in total. The Morgan fingerprint density at radius 3 is 2.86 bits per heavy atom. The number of amides is 2. The molecular formula is C15H14FN3O3. The maximum Gasteiger partial charge on any atom is 0.315 e. The fourth-order valence-corrected chi connectivity index (χ4v) is 1.77. The molecule has 3 N–H and O–H groups in total. The molecule has 1 aromatic heterocycles. The Labute approximate surface area is 126 Å². The largest absolute Gasteiger partial charge is 0.467 e. The highest BCUT2D eigenvalue weighted by Gasteiger charge is 2.12. The molecule has 2 aromatic rings. The van der Waals surface area contributed by atoms with Gasteiger partial charge in [-0.1, -0.05) is 6.07 Å². The van der Waals surface area contributed by atoms with Crippen LogP contribution in [-0.4, -0.2) is 17.7 Å². The van der Waals surface area contributed by atoms with Gasteiger partial charge < -0.3 is 20.2 Å². The number of nitrogens with one attached hydrogen (secondary N) is 2. The molecule has 1 heterocycles. The summed E-state index contributed by atoms with van der Waals surface area (Å²) in [6.45, 7) is -0.0601. The Morgan fingerprint density at radius 1 is 1.41 bits per heavy atom. The van der Waals surface area contributed by atoms with Gasteiger partial charge in [0, 0.05) is 12.1 Å². The number of hydrogen-bond acceptors (Lipinski definition) is 4. The third-order valence-corrected chi connectivity index (χ3v) is 2.95. The number of nitriles is 1. The summed E-state index contributed by atoms with van der Waals surface area (Å²) in [6, 6.07) is 8.52. The highest BCUT2D eigenvalue weighted by Crippen LogP contribution is 2.12. The number of carbonyl (C=O) groups excluding carboxylic acids is 1. The normalized spacial score (nSPS) is 11.5. The minimum atomic E-state index is -0.951. The number of aliphatic hydroxyl groups is 1. The molecule has 1 atom stereocenters. The zero-order valence-electron chi connectivity index (χ0n) is 11.5. The van der Waals surface area contributed by atoms with Gasteiger partial charge in [0.1, 0.15) is 17.7 Å². The van der Waals surface area contributed by atoms with Gasteiger partial charge in [-0.2, -0.15) is 5.26 Å². The molecule has 22 heavy (non-hydrogen) atoms. The van der Waals surface area contributed by atoms with Gasteiger partial charge in [0.25, 0.3) is 0 Å². The molecule has 0 bridgehead atoms. The van der Waals surface area contributed by atoms with Crippen molar-refractivity contribution >= 4 is 6.03 Å². The number of carbonyl (C=O) groups is 1. The second-order valence-corrected chi connectivity index (χ2v) is 4.51. The highest BCUT2D eigenvalue weighted by molar-refractivity contribution is 5.73. The lowest BCUT2D eigenvalue weighted by molar-refractivity contribution is 0.148. The Balaban J connectivity index is 1.79. The van der Waals surface area contributed by atoms with Crippen LogP contribution in [0.2, 0.25) is 0 Å². The summed E-state index contributed by atoms with van der Waals surface area (Å²) in [7, 11) is 0. The van der Waals surface area contributed by atoms with Crippen molar-refractivity contribution < 1.29 is 18.7 Å². The van der Waals surface area contributed by atoms with E-state index in [2.05, 4.69) is 10.6 Å². The van der Waals surface area contributed by atoms with E-state index in [1.807, 2.05) is 6.07 Å². The minimum Gasteiger partial charge on any atom is -0.467 e. The number of aliphatic hydroxyl groups excluding tert-OH is 1. The van der Waals surface area contributed by atoms with Crippen LogP contribution in [0.1, 0.15) is 23.0 Å². The summed E-state index contributed by atoms with van der Waals surface area (Å²) >= 11 is 0. The van der Waals surface area contributed by atoms with Gasteiger partial charge in [0.05, 0.1) is 24.4 Å². The zero-order valence-corrected chi connectivity index (χ0v) is 11.5. The molecule has 0 radical (unpaired) electrons. The second kappa shape index (κ2) is 7.24. The molecule has 1 unspecified atom stereocenters. The van der Waals surface area contributed by atoms with E-state index in [1.165, 1.54) is 18.4 Å². The van der Waals surface area contributed by atoms with E-state index in [0.717, 1.165) is 6.07 Å². The van der Waals surface area contributed by atoms with Crippen LogP contribution in [0.25, 0.3) is 0 Å². The Kier molecular flexibility index (Phi) is 5.11. The van der Waals surface area contributed by atoms with Gasteiger partial charge in [-0.15, -0.1) is 0 Å². The Bertz CT molecular complexity index is 680. The summed E-state index contributed by atoms with van der Waals surface area (Å²) < 4.78 is 18.6. The first-order valence-electron chi connectivity index (χ1n) is 6.52. The fourth-order valence-electron chi connectivity index (χ4n) is 1.77. The number of halogens is 1. The van der Waals surface area contributed by atoms with Crippen LogP contribution in [0.3, 0.4) is 0 Å². The lowest BCUT2D eigenvalue weighted by Crippen LogP contribution is -2.37. The lowest BCUT2D eigenvalue weighted by Gasteiger charge is -2.11. The predicted molar refractivity (Wildman–Crippen MR) is 75.0 cm³/mol. The number of urea groups is 1. The molecule has 0 aliphatic rings. The number of rotatable bonds is 5. The summed E-state index contributed by atoms with van der Waals surface area (Å²) in [6.07, 6.45) is 0.471. The van der Waals surface area contributed by atoms with Crippen LogP contribution >= 0.6 is 0 Å². The van der Waals surface area contributed by atoms with Crippen molar-refractivity contribution in [2.24, 2.45) is 0 Å². The average Bonchev–Trinajstić information content (AvgIpc) is 3.05. The SMILES string of the molecule is N#Cc1ccc(CNC(=O)NCC(O)c2ccco2)c(F)c1. The molecule has 0 saturated carbocycles. The third-order valence-electron chi connectivity index (χ3n) is 2.95. The van der Waals surface area contributed by atoms with Crippen molar-refractivity contribution in [3.8, 4) is 6.07 Å². The van der Waals surface area contributed by atoms with E-state index in [-0.39, 0.29) is 24.2 Å². The minimum absolute atomic E-state index is 0.0276. The maximum absolute atomic E-state index is 13.6. The summed E-state index contributed by atoms with van der Waals surface area (Å²) in [5, 5.41) is 23.3. The molecule has 0 aliphatic heterocycles. The van der Waals surface area contributed by atoms with Gasteiger partial charge in [0.15, 0.2) is 0 Å². The smallest absolute Gasteiger partial charge is 0.315 e. The van der Waals surface area contributed by atoms with Gasteiger partial charge in [0.2, 0.25) is 0 Å². The molecule has 0 fully saturated rings. The quantitative estimate of drug-likeness (QED) is 0.784. The number of hydrogen-bond donors (Lipinski definition) is 3. The molecule has 0 aliphatic carbocycles. The van der Waals surface area contributed by atoms with Gasteiger partial charge in [-0.25, -0.2) is 9.18 Å². The zero-order chi connectivity index (χ0) is 15.9. The molecule has 7 heteroatoms. The van der Waals surface area contributed by atoms with Gasteiger partial charge >= 0.3 is 6.03 Å². The van der Waals surface area contributed by atoms with Gasteiger partial charge in [-0.05, 0) is 24.3 Å². The van der Waals surface area contributed by atoms with Crippen molar-refractivity contribution in [2.45, 2.75) is 12.6 Å². The molecule has 0 spiro atoms. The van der Waals surface area contributed by atoms with Crippen molar-refractivity contribution in [3.05, 3.63) is 59.3 Å².